The molecule has 57 heavy (non-hydrogen) atoms. The van der Waals surface area contributed by atoms with E-state index in [1.165, 1.54) is 59.2 Å². The van der Waals surface area contributed by atoms with E-state index < -0.39 is 0 Å². The number of hydrogen-bond acceptors (Lipinski definition) is 7. The van der Waals surface area contributed by atoms with Crippen molar-refractivity contribution in [1.82, 2.24) is 30.7 Å². The van der Waals surface area contributed by atoms with Gasteiger partial charge in [-0.1, -0.05) is 90.6 Å². The van der Waals surface area contributed by atoms with Crippen LogP contribution >= 0.6 is 0 Å². The molecule has 1 aliphatic carbocycles. The van der Waals surface area contributed by atoms with E-state index >= 15 is 0 Å². The summed E-state index contributed by atoms with van der Waals surface area (Å²) in [7, 11) is 1.97. The quantitative estimate of drug-likeness (QED) is 0.125. The molecule has 8 heteroatoms. The molecule has 7 rings (SSSR count). The van der Waals surface area contributed by atoms with Gasteiger partial charge in [-0.2, -0.15) is 5.10 Å². The van der Waals surface area contributed by atoms with Crippen LogP contribution in [0.2, 0.25) is 0 Å². The molecule has 2 atom stereocenters. The van der Waals surface area contributed by atoms with Crippen molar-refractivity contribution in [2.45, 2.75) is 106 Å². The predicted octanol–water partition coefficient (Wildman–Crippen LogP) is 10.2. The van der Waals surface area contributed by atoms with Crippen LogP contribution in [0.4, 0.5) is 0 Å². The number of aromatic nitrogens is 2. The van der Waals surface area contributed by atoms with Crippen LogP contribution in [0.25, 0.3) is 16.8 Å². The SMILES string of the molecule is C=C.C=C.C=C(N)C1=CCCc2cn(-c3ccc(C4CCCNCC4)cc3)nc21.CC.CC(C)C.CC1CCN(N)C1.CNCc1ccc(C2=C(C)NCC2)cc1. The smallest absolute Gasteiger partial charge is 0.0976 e. The molecule has 2 unspecified atom stereocenters. The van der Waals surface area contributed by atoms with Crippen LogP contribution in [-0.2, 0) is 13.0 Å². The summed E-state index contributed by atoms with van der Waals surface area (Å²) >= 11 is 0. The third-order valence-corrected chi connectivity index (χ3v) is 9.71. The number of aryl methyl sites for hydroxylation is 1. The highest BCUT2D eigenvalue weighted by molar-refractivity contribution is 5.78. The summed E-state index contributed by atoms with van der Waals surface area (Å²) in [6.45, 7) is 37.2. The van der Waals surface area contributed by atoms with Gasteiger partial charge < -0.3 is 21.7 Å². The summed E-state index contributed by atoms with van der Waals surface area (Å²) in [4.78, 5) is 0. The van der Waals surface area contributed by atoms with Gasteiger partial charge in [0.1, 0.15) is 0 Å². The van der Waals surface area contributed by atoms with Crippen LogP contribution in [0, 0.1) is 11.8 Å². The molecule has 0 spiro atoms. The van der Waals surface area contributed by atoms with Crippen LogP contribution in [0.1, 0.15) is 121 Å². The van der Waals surface area contributed by atoms with Crippen LogP contribution in [0.3, 0.4) is 0 Å². The number of hydrogen-bond donors (Lipinski definition) is 5. The maximum absolute atomic E-state index is 5.93. The van der Waals surface area contributed by atoms with Crippen molar-refractivity contribution >= 4 is 11.1 Å². The molecular formula is C49H80N8. The number of allylic oxidation sites excluding steroid dienone is 3. The molecule has 0 amide bonds. The Hall–Kier alpha value is -4.21. The number of nitrogens with one attached hydrogen (secondary N) is 3. The third-order valence-electron chi connectivity index (χ3n) is 9.71. The summed E-state index contributed by atoms with van der Waals surface area (Å²) in [5.41, 5.74) is 17.8. The van der Waals surface area contributed by atoms with Gasteiger partial charge in [0, 0.05) is 49.3 Å². The van der Waals surface area contributed by atoms with E-state index in [1.54, 1.807) is 0 Å². The van der Waals surface area contributed by atoms with Crippen molar-refractivity contribution < 1.29 is 0 Å². The molecule has 0 radical (unpaired) electrons. The number of fused-ring (bicyclic) bond motifs is 1. The van der Waals surface area contributed by atoms with Gasteiger partial charge in [-0.3, -0.25) is 5.84 Å². The van der Waals surface area contributed by atoms with E-state index in [9.17, 15) is 0 Å². The van der Waals surface area contributed by atoms with Crippen molar-refractivity contribution in [3.05, 3.63) is 133 Å². The lowest BCUT2D eigenvalue weighted by Gasteiger charge is -2.14. The summed E-state index contributed by atoms with van der Waals surface area (Å²) in [5, 5.41) is 16.7. The van der Waals surface area contributed by atoms with Gasteiger partial charge in [0.15, 0.2) is 0 Å². The zero-order valence-corrected chi connectivity index (χ0v) is 37.2. The second-order valence-electron chi connectivity index (χ2n) is 15.2. The first-order chi connectivity index (χ1) is 27.5. The Morgan fingerprint density at radius 2 is 1.58 bits per heavy atom. The fourth-order valence-electron chi connectivity index (χ4n) is 6.98. The molecule has 8 nitrogen and oxygen atoms in total. The average molecular weight is 781 g/mol. The monoisotopic (exact) mass is 781 g/mol. The molecule has 3 aromatic rings. The summed E-state index contributed by atoms with van der Waals surface area (Å²) in [5.74, 6) is 7.79. The number of nitrogens with zero attached hydrogens (tertiary/aromatic N) is 3. The van der Waals surface area contributed by atoms with Gasteiger partial charge in [-0.05, 0) is 130 Å². The van der Waals surface area contributed by atoms with Crippen LogP contribution in [0.5, 0.6) is 0 Å². The van der Waals surface area contributed by atoms with Crippen molar-refractivity contribution in [1.29, 1.82) is 0 Å². The molecule has 2 saturated heterocycles. The lowest BCUT2D eigenvalue weighted by atomic mass is 9.92. The van der Waals surface area contributed by atoms with E-state index in [0.29, 0.717) is 11.6 Å². The molecule has 316 valence electrons. The van der Waals surface area contributed by atoms with E-state index in [0.717, 1.165) is 87.3 Å². The largest absolute Gasteiger partial charge is 0.399 e. The zero-order valence-electron chi connectivity index (χ0n) is 37.2. The molecule has 3 aliphatic heterocycles. The molecule has 2 aromatic carbocycles. The highest BCUT2D eigenvalue weighted by atomic mass is 15.4. The van der Waals surface area contributed by atoms with Crippen molar-refractivity contribution in [3.8, 4) is 5.69 Å². The van der Waals surface area contributed by atoms with Crippen molar-refractivity contribution in [2.75, 3.05) is 39.8 Å². The van der Waals surface area contributed by atoms with Gasteiger partial charge in [0.2, 0.25) is 0 Å². The molecule has 1 aromatic heterocycles. The summed E-state index contributed by atoms with van der Waals surface area (Å²) in [6, 6.07) is 17.8. The minimum Gasteiger partial charge on any atom is -0.399 e. The highest BCUT2D eigenvalue weighted by Gasteiger charge is 2.19. The Balaban J connectivity index is 0.000000430. The van der Waals surface area contributed by atoms with Crippen LogP contribution in [-0.4, -0.2) is 54.6 Å². The maximum Gasteiger partial charge on any atom is 0.0976 e. The lowest BCUT2D eigenvalue weighted by Crippen LogP contribution is -2.27. The van der Waals surface area contributed by atoms with E-state index in [2.05, 4.69) is 144 Å². The van der Waals surface area contributed by atoms with Gasteiger partial charge in [-0.25, -0.2) is 9.69 Å². The normalized spacial score (nSPS) is 18.2. The van der Waals surface area contributed by atoms with Crippen molar-refractivity contribution in [3.63, 3.8) is 0 Å². The zero-order chi connectivity index (χ0) is 42.8. The fraction of sp³-hybridized carbons (Fsp3) is 0.490. The topological polar surface area (TPSA) is 109 Å². The Kier molecular flexibility index (Phi) is 25.9. The van der Waals surface area contributed by atoms with Gasteiger partial charge >= 0.3 is 0 Å². The van der Waals surface area contributed by atoms with Gasteiger partial charge in [-0.15, -0.1) is 26.3 Å². The Bertz CT molecular complexity index is 1580. The van der Waals surface area contributed by atoms with E-state index in [-0.39, 0.29) is 0 Å². The average Bonchev–Trinajstić information content (AvgIpc) is 3.91. The molecule has 0 bridgehead atoms. The second kappa shape index (κ2) is 29.1. The number of hydrazine groups is 1. The number of rotatable bonds is 6. The van der Waals surface area contributed by atoms with Crippen LogP contribution in [0.15, 0.2) is 105 Å². The molecule has 4 heterocycles. The van der Waals surface area contributed by atoms with Gasteiger partial charge in [0.05, 0.1) is 11.4 Å². The first-order valence-electron chi connectivity index (χ1n) is 21.3. The number of benzene rings is 2. The van der Waals surface area contributed by atoms with E-state index in [1.807, 2.05) is 30.6 Å². The number of nitrogens with two attached hydrogens (primary N) is 2. The summed E-state index contributed by atoms with van der Waals surface area (Å²) in [6.07, 6.45) is 12.5. The summed E-state index contributed by atoms with van der Waals surface area (Å²) < 4.78 is 1.98. The molecule has 7 N–H and O–H groups in total. The van der Waals surface area contributed by atoms with Crippen molar-refractivity contribution in [2.24, 2.45) is 23.4 Å². The minimum atomic E-state index is 0.600. The predicted molar refractivity (Wildman–Crippen MR) is 251 cm³/mol. The standard InChI is InChI=1S/C21H26N4.C13H18N2.C5H12N2.C4H10.C2H6.2C2H4/c1-15(22)20-6-2-4-18-14-25(24-21(18)20)19-9-7-17(8-10-19)16-5-3-12-23-13-11-16;1-10-13(7-8-15-10)12-5-3-11(4-6-12)9-14-2;1-5-2-3-7(6)4-5;1-4(2)3;3*1-2/h6-10,14,16,23H,1-5,11-13,22H2;3-6,14-15H,7-9H2,1-2H3;5H,2-4,6H2,1H3;4H,1-3H3;1-2H3;2*1-2H2. The second-order valence-corrected chi connectivity index (χ2v) is 15.2. The first kappa shape index (κ1) is 50.8. The molecule has 2 fully saturated rings. The maximum atomic E-state index is 5.93. The first-order valence-corrected chi connectivity index (χ1v) is 21.3. The van der Waals surface area contributed by atoms with Gasteiger partial charge in [0.25, 0.3) is 0 Å². The minimum absolute atomic E-state index is 0.600. The Morgan fingerprint density at radius 3 is 2.09 bits per heavy atom. The van der Waals surface area contributed by atoms with E-state index in [4.69, 9.17) is 16.7 Å². The molecule has 0 saturated carbocycles. The van der Waals surface area contributed by atoms with Crippen LogP contribution < -0.4 is 27.5 Å². The molecular weight excluding hydrogens is 701 g/mol. The Morgan fingerprint density at radius 1 is 0.930 bits per heavy atom. The third kappa shape index (κ3) is 17.9. The molecule has 4 aliphatic rings. The highest BCUT2D eigenvalue weighted by Crippen LogP contribution is 2.30. The lowest BCUT2D eigenvalue weighted by molar-refractivity contribution is 0.342. The fourth-order valence-corrected chi connectivity index (χ4v) is 6.98. The Labute approximate surface area is 348 Å².